The van der Waals surface area contributed by atoms with Crippen LogP contribution in [0.4, 0.5) is 0 Å². The summed E-state index contributed by atoms with van der Waals surface area (Å²) in [5, 5.41) is 13.1. The van der Waals surface area contributed by atoms with Crippen LogP contribution in [-0.4, -0.2) is 42.7 Å². The second kappa shape index (κ2) is 7.05. The molecule has 0 amide bonds. The number of rotatable bonds is 7. The highest BCUT2D eigenvalue weighted by Crippen LogP contribution is 2.24. The summed E-state index contributed by atoms with van der Waals surface area (Å²) in [5.74, 6) is -0.837. The maximum Gasteiger partial charge on any atom is 0.329 e. The molecule has 1 aromatic carbocycles. The number of hydrogen-bond acceptors (Lipinski definition) is 3. The number of likely N-dealkylation sites (N-methyl/N-ethyl adjacent to an activating group) is 2. The lowest BCUT2D eigenvalue weighted by molar-refractivity contribution is -0.146. The van der Waals surface area contributed by atoms with Gasteiger partial charge in [-0.2, -0.15) is 0 Å². The summed E-state index contributed by atoms with van der Waals surface area (Å²) >= 11 is 0. The maximum absolute atomic E-state index is 12.0. The van der Waals surface area contributed by atoms with E-state index in [1.165, 1.54) is 0 Å². The number of nitrogens with zero attached hydrogens (tertiary/aromatic N) is 1. The summed E-state index contributed by atoms with van der Waals surface area (Å²) in [6.45, 7) is 10.3. The first-order valence-corrected chi connectivity index (χ1v) is 7.44. The van der Waals surface area contributed by atoms with Crippen molar-refractivity contribution in [3.05, 3.63) is 35.9 Å². The summed E-state index contributed by atoms with van der Waals surface area (Å²) < 4.78 is 0. The molecular formula is C17H28N2O2. The Balaban J connectivity index is 3.10. The molecule has 0 radical (unpaired) electrons. The van der Waals surface area contributed by atoms with Crippen molar-refractivity contribution in [2.24, 2.45) is 5.41 Å². The lowest BCUT2D eigenvalue weighted by Gasteiger charge is -2.37. The van der Waals surface area contributed by atoms with Gasteiger partial charge in [-0.1, -0.05) is 58.0 Å². The standard InChI is InChI=1S/C17H28N2O2/c1-6-18-17(15(20)21,14-10-8-7-9-11-14)13-19(5)12-16(2,3)4/h7-11,18H,6,12-13H2,1-5H3,(H,20,21). The average molecular weight is 292 g/mol. The number of carboxylic acids is 1. The summed E-state index contributed by atoms with van der Waals surface area (Å²) in [4.78, 5) is 14.1. The van der Waals surface area contributed by atoms with E-state index >= 15 is 0 Å². The summed E-state index contributed by atoms with van der Waals surface area (Å²) in [7, 11) is 1.98. The number of carboxylic acid groups (broad SMARTS) is 1. The topological polar surface area (TPSA) is 52.6 Å². The average Bonchev–Trinajstić information content (AvgIpc) is 2.36. The normalized spacial score (nSPS) is 15.0. The van der Waals surface area contributed by atoms with E-state index in [-0.39, 0.29) is 5.41 Å². The van der Waals surface area contributed by atoms with Crippen LogP contribution in [0.2, 0.25) is 0 Å². The molecule has 0 saturated heterocycles. The fourth-order valence-electron chi connectivity index (χ4n) is 2.81. The minimum absolute atomic E-state index is 0.127. The Labute approximate surface area is 128 Å². The predicted octanol–water partition coefficient (Wildman–Crippen LogP) is 2.55. The minimum atomic E-state index is -1.07. The van der Waals surface area contributed by atoms with Crippen molar-refractivity contribution >= 4 is 5.97 Å². The van der Waals surface area contributed by atoms with Gasteiger partial charge in [0, 0.05) is 13.1 Å². The number of aliphatic carboxylic acids is 1. The maximum atomic E-state index is 12.0. The molecule has 4 heteroatoms. The summed E-state index contributed by atoms with van der Waals surface area (Å²) in [6.07, 6.45) is 0. The molecule has 1 atom stereocenters. The molecule has 0 aliphatic heterocycles. The molecule has 0 aromatic heterocycles. The molecule has 0 aliphatic rings. The highest BCUT2D eigenvalue weighted by atomic mass is 16.4. The first kappa shape index (κ1) is 17.7. The third-order valence-electron chi connectivity index (χ3n) is 3.36. The molecule has 0 saturated carbocycles. The lowest BCUT2D eigenvalue weighted by atomic mass is 9.88. The second-order valence-electron chi connectivity index (χ2n) is 6.84. The first-order chi connectivity index (χ1) is 9.71. The monoisotopic (exact) mass is 292 g/mol. The van der Waals surface area contributed by atoms with Gasteiger partial charge in [0.05, 0.1) is 0 Å². The number of benzene rings is 1. The first-order valence-electron chi connectivity index (χ1n) is 7.44. The van der Waals surface area contributed by atoms with Gasteiger partial charge >= 0.3 is 5.97 Å². The van der Waals surface area contributed by atoms with E-state index in [0.29, 0.717) is 13.1 Å². The van der Waals surface area contributed by atoms with Crippen LogP contribution in [0, 0.1) is 5.41 Å². The highest BCUT2D eigenvalue weighted by molar-refractivity contribution is 5.81. The largest absolute Gasteiger partial charge is 0.480 e. The van der Waals surface area contributed by atoms with Crippen molar-refractivity contribution in [1.29, 1.82) is 0 Å². The second-order valence-corrected chi connectivity index (χ2v) is 6.84. The van der Waals surface area contributed by atoms with Gasteiger partial charge in [-0.15, -0.1) is 0 Å². The van der Waals surface area contributed by atoms with E-state index in [4.69, 9.17) is 0 Å². The number of carbonyl (C=O) groups is 1. The van der Waals surface area contributed by atoms with Crippen molar-refractivity contribution in [3.8, 4) is 0 Å². The van der Waals surface area contributed by atoms with Gasteiger partial charge in [0.15, 0.2) is 5.54 Å². The van der Waals surface area contributed by atoms with Gasteiger partial charge < -0.3 is 10.0 Å². The zero-order chi connectivity index (χ0) is 16.1. The molecule has 0 bridgehead atoms. The fourth-order valence-corrected chi connectivity index (χ4v) is 2.81. The molecule has 0 heterocycles. The number of nitrogens with one attached hydrogen (secondary N) is 1. The van der Waals surface area contributed by atoms with Crippen LogP contribution in [0.25, 0.3) is 0 Å². The van der Waals surface area contributed by atoms with Crippen molar-refractivity contribution < 1.29 is 9.90 Å². The van der Waals surface area contributed by atoms with E-state index in [1.807, 2.05) is 44.3 Å². The van der Waals surface area contributed by atoms with Gasteiger partial charge in [0.25, 0.3) is 0 Å². The molecule has 21 heavy (non-hydrogen) atoms. The molecule has 2 N–H and O–H groups in total. The molecule has 0 spiro atoms. The van der Waals surface area contributed by atoms with Crippen LogP contribution in [0.5, 0.6) is 0 Å². The smallest absolute Gasteiger partial charge is 0.329 e. The van der Waals surface area contributed by atoms with Gasteiger partial charge in [-0.3, -0.25) is 5.32 Å². The van der Waals surface area contributed by atoms with Crippen molar-refractivity contribution in [2.45, 2.75) is 33.2 Å². The highest BCUT2D eigenvalue weighted by Gasteiger charge is 2.41. The zero-order valence-electron chi connectivity index (χ0n) is 13.8. The van der Waals surface area contributed by atoms with Gasteiger partial charge in [0.2, 0.25) is 0 Å². The van der Waals surface area contributed by atoms with Gasteiger partial charge in [-0.25, -0.2) is 4.79 Å². The van der Waals surface area contributed by atoms with E-state index < -0.39 is 11.5 Å². The van der Waals surface area contributed by atoms with E-state index in [1.54, 1.807) is 0 Å². The molecule has 0 aliphatic carbocycles. The third-order valence-corrected chi connectivity index (χ3v) is 3.36. The minimum Gasteiger partial charge on any atom is -0.480 e. The van der Waals surface area contributed by atoms with E-state index in [2.05, 4.69) is 31.0 Å². The molecule has 1 rings (SSSR count). The third kappa shape index (κ3) is 4.83. The predicted molar refractivity (Wildman–Crippen MR) is 86.4 cm³/mol. The Morgan fingerprint density at radius 1 is 1.19 bits per heavy atom. The SMILES string of the molecule is CCNC(CN(C)CC(C)(C)C)(C(=O)O)c1ccccc1. The zero-order valence-corrected chi connectivity index (χ0v) is 13.8. The Morgan fingerprint density at radius 3 is 2.19 bits per heavy atom. The summed E-state index contributed by atoms with van der Waals surface area (Å²) in [5.41, 5.74) is -0.155. The van der Waals surface area contributed by atoms with Crippen molar-refractivity contribution in [3.63, 3.8) is 0 Å². The van der Waals surface area contributed by atoms with Gasteiger partial charge in [0.1, 0.15) is 0 Å². The van der Waals surface area contributed by atoms with Crippen LogP contribution in [-0.2, 0) is 10.3 Å². The van der Waals surface area contributed by atoms with Crippen LogP contribution in [0.15, 0.2) is 30.3 Å². The Hall–Kier alpha value is -1.39. The quantitative estimate of drug-likeness (QED) is 0.811. The van der Waals surface area contributed by atoms with Gasteiger partial charge in [-0.05, 0) is 24.6 Å². The molecule has 0 fully saturated rings. The molecule has 4 nitrogen and oxygen atoms in total. The molecule has 118 valence electrons. The van der Waals surface area contributed by atoms with E-state index in [9.17, 15) is 9.90 Å². The Bertz CT molecular complexity index is 454. The molecule has 1 unspecified atom stereocenters. The van der Waals surface area contributed by atoms with Crippen molar-refractivity contribution in [2.75, 3.05) is 26.7 Å². The van der Waals surface area contributed by atoms with Crippen LogP contribution in [0.3, 0.4) is 0 Å². The Morgan fingerprint density at radius 2 is 1.76 bits per heavy atom. The van der Waals surface area contributed by atoms with Crippen LogP contribution >= 0.6 is 0 Å². The Kier molecular flexibility index (Phi) is 5.93. The lowest BCUT2D eigenvalue weighted by Crippen LogP contribution is -2.56. The molecule has 1 aromatic rings. The van der Waals surface area contributed by atoms with Crippen LogP contribution in [0.1, 0.15) is 33.3 Å². The summed E-state index contributed by atoms with van der Waals surface area (Å²) in [6, 6.07) is 9.42. The fraction of sp³-hybridized carbons (Fsp3) is 0.588. The number of hydrogen-bond donors (Lipinski definition) is 2. The van der Waals surface area contributed by atoms with E-state index in [0.717, 1.165) is 12.1 Å². The molecular weight excluding hydrogens is 264 g/mol. The van der Waals surface area contributed by atoms with Crippen molar-refractivity contribution in [1.82, 2.24) is 10.2 Å². The van der Waals surface area contributed by atoms with Crippen LogP contribution < -0.4 is 5.32 Å².